The van der Waals surface area contributed by atoms with Gasteiger partial charge in [0.05, 0.1) is 37.8 Å². The average molecular weight is 651 g/mol. The number of hydrogen-bond acceptors (Lipinski definition) is 10. The van der Waals surface area contributed by atoms with Gasteiger partial charge >= 0.3 is 11.9 Å². The van der Waals surface area contributed by atoms with Gasteiger partial charge in [-0.3, -0.25) is 9.59 Å². The Morgan fingerprint density at radius 3 is 1.31 bits per heavy atom. The number of carbonyl (C=O) groups is 4. The lowest BCUT2D eigenvalue weighted by atomic mass is 10.2. The van der Waals surface area contributed by atoms with Gasteiger partial charge in [-0.15, -0.1) is 0 Å². The van der Waals surface area contributed by atoms with Crippen LogP contribution in [0.1, 0.15) is 57.5 Å². The van der Waals surface area contributed by atoms with Gasteiger partial charge in [-0.1, -0.05) is 24.3 Å². The number of unbranched alkanes of at least 4 members (excludes halogenated alkanes) is 1. The first-order valence-electron chi connectivity index (χ1n) is 14.9. The molecule has 0 atom stereocenters. The lowest BCUT2D eigenvalue weighted by Gasteiger charge is -2.08. The fourth-order valence-electron chi connectivity index (χ4n) is 4.16. The Kier molecular flexibility index (Phi) is 13.0. The topological polar surface area (TPSA) is 154 Å². The third kappa shape index (κ3) is 10.7. The van der Waals surface area contributed by atoms with E-state index < -0.39 is 11.9 Å². The highest BCUT2D eigenvalue weighted by molar-refractivity contribution is 5.94. The third-order valence-electron chi connectivity index (χ3n) is 6.74. The van der Waals surface area contributed by atoms with Crippen molar-refractivity contribution in [1.82, 2.24) is 10.9 Å². The van der Waals surface area contributed by atoms with Crippen LogP contribution in [0.25, 0.3) is 0 Å². The standard InChI is InChI=1S/C36H34N4O8/c1-45-29-19-15-25(16-20-29)35(43)47-31-11-5-3-9-27(31)23-37-39-33(41)13-7-8-14-34(42)40-38-24-28-10-4-6-12-32(28)48-36(44)26-17-21-30(46-2)22-18-26/h3-6,9-12,15-24H,7-8,13-14H2,1-2H3,(H,39,41)(H,40,42)/b37-23-,38-24-. The number of hydrogen-bond donors (Lipinski definition) is 2. The van der Waals surface area contributed by atoms with Crippen LogP contribution < -0.4 is 29.8 Å². The maximum absolute atomic E-state index is 12.5. The number of nitrogens with one attached hydrogen (secondary N) is 2. The fraction of sp³-hybridized carbons (Fsp3) is 0.167. The molecule has 12 heteroatoms. The molecule has 0 saturated heterocycles. The van der Waals surface area contributed by atoms with E-state index in [9.17, 15) is 19.2 Å². The van der Waals surface area contributed by atoms with Crippen molar-refractivity contribution in [1.29, 1.82) is 0 Å². The highest BCUT2D eigenvalue weighted by atomic mass is 16.5. The van der Waals surface area contributed by atoms with Crippen LogP contribution in [0.4, 0.5) is 0 Å². The minimum absolute atomic E-state index is 0.148. The summed E-state index contributed by atoms with van der Waals surface area (Å²) in [4.78, 5) is 49.6. The summed E-state index contributed by atoms with van der Waals surface area (Å²) in [6, 6.07) is 26.6. The lowest BCUT2D eigenvalue weighted by molar-refractivity contribution is -0.123. The second-order valence-corrected chi connectivity index (χ2v) is 10.1. The second kappa shape index (κ2) is 18.0. The molecule has 0 fully saturated rings. The number of amides is 2. The largest absolute Gasteiger partial charge is 0.497 e. The monoisotopic (exact) mass is 650 g/mol. The SMILES string of the molecule is COc1ccc(C(=O)Oc2ccccc2/C=N\NC(=O)CCCCC(=O)N/N=C\c2ccccc2OC(=O)c2ccc(OC)cc2)cc1. The molecule has 0 heterocycles. The first-order valence-corrected chi connectivity index (χ1v) is 14.9. The zero-order valence-corrected chi connectivity index (χ0v) is 26.4. The molecule has 4 aromatic carbocycles. The number of benzene rings is 4. The van der Waals surface area contributed by atoms with Gasteiger partial charge in [0.15, 0.2) is 0 Å². The summed E-state index contributed by atoms with van der Waals surface area (Å²) in [5.41, 5.74) is 6.58. The van der Waals surface area contributed by atoms with Gasteiger partial charge in [0.1, 0.15) is 23.0 Å². The number of ether oxygens (including phenoxy) is 4. The van der Waals surface area contributed by atoms with E-state index in [2.05, 4.69) is 21.1 Å². The molecule has 48 heavy (non-hydrogen) atoms. The second-order valence-electron chi connectivity index (χ2n) is 10.1. The van der Waals surface area contributed by atoms with Crippen LogP contribution in [0.5, 0.6) is 23.0 Å². The van der Waals surface area contributed by atoms with Crippen LogP contribution in [0.2, 0.25) is 0 Å². The molecule has 0 aliphatic heterocycles. The maximum atomic E-state index is 12.5. The molecular formula is C36H34N4O8. The van der Waals surface area contributed by atoms with Gasteiger partial charge in [-0.25, -0.2) is 20.4 Å². The molecule has 0 bridgehead atoms. The molecule has 4 rings (SSSR count). The summed E-state index contributed by atoms with van der Waals surface area (Å²) in [5.74, 6) is 0.0345. The van der Waals surface area contributed by atoms with Gasteiger partial charge in [-0.05, 0) is 85.6 Å². The van der Waals surface area contributed by atoms with Gasteiger partial charge in [-0.2, -0.15) is 10.2 Å². The van der Waals surface area contributed by atoms with Crippen LogP contribution in [0.3, 0.4) is 0 Å². The van der Waals surface area contributed by atoms with E-state index >= 15 is 0 Å². The maximum Gasteiger partial charge on any atom is 0.343 e. The number of methoxy groups -OCH3 is 2. The van der Waals surface area contributed by atoms with Crippen molar-refractivity contribution in [2.45, 2.75) is 25.7 Å². The van der Waals surface area contributed by atoms with E-state index in [0.717, 1.165) is 0 Å². The molecule has 2 N–H and O–H groups in total. The van der Waals surface area contributed by atoms with E-state index in [1.807, 2.05) is 0 Å². The molecule has 0 spiro atoms. The Balaban J connectivity index is 1.16. The number of hydrazone groups is 2. The van der Waals surface area contributed by atoms with Gasteiger partial charge in [0.25, 0.3) is 0 Å². The van der Waals surface area contributed by atoms with Crippen molar-refractivity contribution in [3.05, 3.63) is 119 Å². The van der Waals surface area contributed by atoms with Crippen molar-refractivity contribution in [3.63, 3.8) is 0 Å². The highest BCUT2D eigenvalue weighted by Crippen LogP contribution is 2.20. The molecule has 2 amide bonds. The van der Waals surface area contributed by atoms with Crippen LogP contribution in [0.15, 0.2) is 107 Å². The van der Waals surface area contributed by atoms with E-state index in [4.69, 9.17) is 18.9 Å². The predicted molar refractivity (Wildman–Crippen MR) is 179 cm³/mol. The van der Waals surface area contributed by atoms with E-state index in [-0.39, 0.29) is 36.2 Å². The molecule has 0 aromatic heterocycles. The van der Waals surface area contributed by atoms with Crippen molar-refractivity contribution in [3.8, 4) is 23.0 Å². The number of para-hydroxylation sites is 2. The van der Waals surface area contributed by atoms with Gasteiger partial charge < -0.3 is 18.9 Å². The van der Waals surface area contributed by atoms with Crippen molar-refractivity contribution in [2.24, 2.45) is 10.2 Å². The average Bonchev–Trinajstić information content (AvgIpc) is 3.11. The van der Waals surface area contributed by atoms with E-state index in [1.54, 1.807) is 97.1 Å². The zero-order chi connectivity index (χ0) is 34.1. The Hall–Kier alpha value is -6.30. The van der Waals surface area contributed by atoms with E-state index in [0.29, 0.717) is 46.6 Å². The molecule has 0 saturated carbocycles. The number of nitrogens with zero attached hydrogens (tertiary/aromatic N) is 2. The fourth-order valence-corrected chi connectivity index (χ4v) is 4.16. The smallest absolute Gasteiger partial charge is 0.343 e. The third-order valence-corrected chi connectivity index (χ3v) is 6.74. The minimum Gasteiger partial charge on any atom is -0.497 e. The molecule has 12 nitrogen and oxygen atoms in total. The first-order chi connectivity index (χ1) is 23.4. The Bertz CT molecular complexity index is 1640. The Morgan fingerprint density at radius 2 is 0.938 bits per heavy atom. The number of carbonyl (C=O) groups excluding carboxylic acids is 4. The van der Waals surface area contributed by atoms with Crippen LogP contribution >= 0.6 is 0 Å². The first kappa shape index (κ1) is 34.6. The van der Waals surface area contributed by atoms with Crippen molar-refractivity contribution in [2.75, 3.05) is 14.2 Å². The Labute approximate surface area is 277 Å². The normalized spacial score (nSPS) is 10.8. The van der Waals surface area contributed by atoms with Gasteiger partial charge in [0, 0.05) is 24.0 Å². The summed E-state index contributed by atoms with van der Waals surface area (Å²) in [6.45, 7) is 0. The minimum atomic E-state index is -0.548. The molecule has 0 unspecified atom stereocenters. The molecule has 0 radical (unpaired) electrons. The van der Waals surface area contributed by atoms with Crippen molar-refractivity contribution >= 4 is 36.2 Å². The molecule has 246 valence electrons. The zero-order valence-electron chi connectivity index (χ0n) is 26.4. The summed E-state index contributed by atoms with van der Waals surface area (Å²) in [7, 11) is 3.08. The van der Waals surface area contributed by atoms with Gasteiger partial charge in [0.2, 0.25) is 11.8 Å². The molecule has 4 aromatic rings. The summed E-state index contributed by atoms with van der Waals surface area (Å²) in [5, 5.41) is 7.94. The summed E-state index contributed by atoms with van der Waals surface area (Å²) >= 11 is 0. The lowest BCUT2D eigenvalue weighted by Crippen LogP contribution is -2.19. The van der Waals surface area contributed by atoms with E-state index in [1.165, 1.54) is 26.6 Å². The van der Waals surface area contributed by atoms with Crippen LogP contribution in [0, 0.1) is 0 Å². The van der Waals surface area contributed by atoms with Crippen LogP contribution in [-0.2, 0) is 9.59 Å². The van der Waals surface area contributed by atoms with Crippen LogP contribution in [-0.4, -0.2) is 50.4 Å². The predicted octanol–water partition coefficient (Wildman–Crippen LogP) is 5.30. The quantitative estimate of drug-likeness (QED) is 0.0578. The molecular weight excluding hydrogens is 616 g/mol. The molecule has 0 aliphatic rings. The van der Waals surface area contributed by atoms with Crippen molar-refractivity contribution < 1.29 is 38.1 Å². The molecule has 0 aliphatic carbocycles. The number of rotatable bonds is 15. The Morgan fingerprint density at radius 1 is 0.562 bits per heavy atom. The highest BCUT2D eigenvalue weighted by Gasteiger charge is 2.13. The number of esters is 2. The summed E-state index contributed by atoms with van der Waals surface area (Å²) in [6.07, 6.45) is 3.96. The summed E-state index contributed by atoms with van der Waals surface area (Å²) < 4.78 is 21.2.